The number of aromatic nitrogens is 1. The van der Waals surface area contributed by atoms with E-state index in [1.54, 1.807) is 11.3 Å². The summed E-state index contributed by atoms with van der Waals surface area (Å²) in [5.74, 6) is 0. The maximum absolute atomic E-state index is 5.84. The summed E-state index contributed by atoms with van der Waals surface area (Å²) in [7, 11) is 0. The van der Waals surface area contributed by atoms with Gasteiger partial charge >= 0.3 is 0 Å². The van der Waals surface area contributed by atoms with Crippen LogP contribution in [0, 0.1) is 0 Å². The van der Waals surface area contributed by atoms with Crippen molar-refractivity contribution in [3.63, 3.8) is 0 Å². The summed E-state index contributed by atoms with van der Waals surface area (Å²) in [6.07, 6.45) is 2.75. The molecule has 0 radical (unpaired) electrons. The summed E-state index contributed by atoms with van der Waals surface area (Å²) in [6.45, 7) is 3.79. The molecule has 1 aliphatic rings. The fraction of sp³-hybridized carbons (Fsp3) is 0.389. The van der Waals surface area contributed by atoms with Crippen LogP contribution in [0.1, 0.15) is 22.7 Å². The Labute approximate surface area is 144 Å². The Morgan fingerprint density at radius 3 is 2.91 bits per heavy atom. The third-order valence-electron chi connectivity index (χ3n) is 4.14. The van der Waals surface area contributed by atoms with Crippen LogP contribution in [0.25, 0.3) is 10.2 Å². The molecule has 2 aromatic heterocycles. The zero-order chi connectivity index (χ0) is 15.5. The van der Waals surface area contributed by atoms with Gasteiger partial charge in [0.2, 0.25) is 0 Å². The van der Waals surface area contributed by atoms with Crippen LogP contribution in [0.2, 0.25) is 0 Å². The van der Waals surface area contributed by atoms with Gasteiger partial charge in [-0.2, -0.15) is 0 Å². The number of ether oxygens (including phenoxy) is 1. The largest absolute Gasteiger partial charge is 0.377 e. The molecular formula is C18H20N2OS2. The molecular weight excluding hydrogens is 324 g/mol. The second kappa shape index (κ2) is 7.09. The van der Waals surface area contributed by atoms with Crippen molar-refractivity contribution in [1.82, 2.24) is 9.88 Å². The first kappa shape index (κ1) is 15.3. The van der Waals surface area contributed by atoms with Gasteiger partial charge in [-0.05, 0) is 36.4 Å². The molecule has 1 aliphatic heterocycles. The SMILES string of the molecule is c1csc(CN(Cc2nc3ccccc3s2)C[C@H]2CCCO2)c1. The van der Waals surface area contributed by atoms with Gasteiger partial charge in [-0.25, -0.2) is 4.98 Å². The van der Waals surface area contributed by atoms with Crippen molar-refractivity contribution in [2.45, 2.75) is 32.0 Å². The first-order chi connectivity index (χ1) is 11.4. The zero-order valence-electron chi connectivity index (χ0n) is 13.0. The molecule has 23 heavy (non-hydrogen) atoms. The lowest BCUT2D eigenvalue weighted by atomic mass is 10.2. The number of rotatable bonds is 6. The van der Waals surface area contributed by atoms with Gasteiger partial charge in [0.05, 0.1) is 22.9 Å². The number of hydrogen-bond acceptors (Lipinski definition) is 5. The van der Waals surface area contributed by atoms with Crippen LogP contribution in [0.15, 0.2) is 41.8 Å². The number of thiazole rings is 1. The van der Waals surface area contributed by atoms with Gasteiger partial charge in [0.25, 0.3) is 0 Å². The van der Waals surface area contributed by atoms with Crippen LogP contribution in [0.4, 0.5) is 0 Å². The number of nitrogens with zero attached hydrogens (tertiary/aromatic N) is 2. The van der Waals surface area contributed by atoms with Crippen molar-refractivity contribution < 1.29 is 4.74 Å². The molecule has 1 fully saturated rings. The third-order valence-corrected chi connectivity index (χ3v) is 6.02. The van der Waals surface area contributed by atoms with Gasteiger partial charge in [-0.3, -0.25) is 4.90 Å². The quantitative estimate of drug-likeness (QED) is 0.656. The summed E-state index contributed by atoms with van der Waals surface area (Å²) < 4.78 is 7.12. The molecule has 0 spiro atoms. The Morgan fingerprint density at radius 1 is 1.17 bits per heavy atom. The fourth-order valence-electron chi connectivity index (χ4n) is 3.06. The number of para-hydroxylation sites is 1. The van der Waals surface area contributed by atoms with Crippen molar-refractivity contribution >= 4 is 32.9 Å². The molecule has 5 heteroatoms. The first-order valence-corrected chi connectivity index (χ1v) is 9.77. The molecule has 3 aromatic rings. The summed E-state index contributed by atoms with van der Waals surface area (Å²) >= 11 is 3.63. The molecule has 0 aliphatic carbocycles. The molecule has 4 rings (SSSR count). The average molecular weight is 345 g/mol. The van der Waals surface area contributed by atoms with E-state index in [-0.39, 0.29) is 0 Å². The lowest BCUT2D eigenvalue weighted by Crippen LogP contribution is -2.31. The maximum Gasteiger partial charge on any atom is 0.108 e. The standard InChI is InChI=1S/C18H20N2OS2/c1-2-8-17-16(7-1)19-18(23-17)13-20(11-14-5-3-9-21-14)12-15-6-4-10-22-15/h1-2,4,6-8,10,14H,3,5,9,11-13H2/t14-/m1/s1. The van der Waals surface area contributed by atoms with Crippen LogP contribution in [0.5, 0.6) is 0 Å². The van der Waals surface area contributed by atoms with Gasteiger partial charge in [-0.1, -0.05) is 18.2 Å². The minimum Gasteiger partial charge on any atom is -0.377 e. The molecule has 0 saturated carbocycles. The van der Waals surface area contributed by atoms with E-state index in [2.05, 4.69) is 46.7 Å². The second-order valence-electron chi connectivity index (χ2n) is 5.96. The highest BCUT2D eigenvalue weighted by molar-refractivity contribution is 7.18. The minimum absolute atomic E-state index is 0.379. The second-order valence-corrected chi connectivity index (χ2v) is 8.11. The maximum atomic E-state index is 5.84. The Hall–Kier alpha value is -1.27. The Kier molecular flexibility index (Phi) is 4.71. The fourth-order valence-corrected chi connectivity index (χ4v) is 4.82. The van der Waals surface area contributed by atoms with E-state index < -0.39 is 0 Å². The van der Waals surface area contributed by atoms with Gasteiger partial charge in [0, 0.05) is 24.6 Å². The number of fused-ring (bicyclic) bond motifs is 1. The number of thiophene rings is 1. The van der Waals surface area contributed by atoms with Gasteiger partial charge in [0.15, 0.2) is 0 Å². The smallest absolute Gasteiger partial charge is 0.108 e. The molecule has 1 atom stereocenters. The van der Waals surface area contributed by atoms with Crippen LogP contribution in [-0.2, 0) is 17.8 Å². The summed E-state index contributed by atoms with van der Waals surface area (Å²) in [6, 6.07) is 12.7. The minimum atomic E-state index is 0.379. The number of hydrogen-bond donors (Lipinski definition) is 0. The molecule has 0 N–H and O–H groups in total. The number of benzene rings is 1. The topological polar surface area (TPSA) is 25.4 Å². The van der Waals surface area contributed by atoms with E-state index in [0.29, 0.717) is 6.10 Å². The highest BCUT2D eigenvalue weighted by atomic mass is 32.1. The summed E-state index contributed by atoms with van der Waals surface area (Å²) in [5.41, 5.74) is 1.11. The molecule has 120 valence electrons. The zero-order valence-corrected chi connectivity index (χ0v) is 14.6. The predicted octanol–water partition coefficient (Wildman–Crippen LogP) is 4.54. The molecule has 3 nitrogen and oxygen atoms in total. The van der Waals surface area contributed by atoms with Gasteiger partial charge in [-0.15, -0.1) is 22.7 Å². The molecule has 1 saturated heterocycles. The molecule has 0 amide bonds. The van der Waals surface area contributed by atoms with Crippen molar-refractivity contribution in [3.8, 4) is 0 Å². The van der Waals surface area contributed by atoms with Crippen LogP contribution >= 0.6 is 22.7 Å². The van der Waals surface area contributed by atoms with Gasteiger partial charge < -0.3 is 4.74 Å². The van der Waals surface area contributed by atoms with E-state index in [9.17, 15) is 0 Å². The highest BCUT2D eigenvalue weighted by Gasteiger charge is 2.20. The molecule has 0 unspecified atom stereocenters. The molecule has 3 heterocycles. The van der Waals surface area contributed by atoms with Crippen LogP contribution in [-0.4, -0.2) is 29.1 Å². The van der Waals surface area contributed by atoms with E-state index in [4.69, 9.17) is 9.72 Å². The Morgan fingerprint density at radius 2 is 2.13 bits per heavy atom. The van der Waals surface area contributed by atoms with E-state index in [1.807, 2.05) is 11.3 Å². The lowest BCUT2D eigenvalue weighted by Gasteiger charge is -2.23. The van der Waals surface area contributed by atoms with E-state index in [0.717, 1.165) is 31.8 Å². The summed E-state index contributed by atoms with van der Waals surface area (Å²) in [4.78, 5) is 8.69. The van der Waals surface area contributed by atoms with Crippen molar-refractivity contribution in [3.05, 3.63) is 51.7 Å². The van der Waals surface area contributed by atoms with Crippen molar-refractivity contribution in [2.24, 2.45) is 0 Å². The van der Waals surface area contributed by atoms with Crippen LogP contribution in [0.3, 0.4) is 0 Å². The van der Waals surface area contributed by atoms with Crippen LogP contribution < -0.4 is 0 Å². The molecule has 1 aromatic carbocycles. The average Bonchev–Trinajstić information content (AvgIpc) is 3.27. The Balaban J connectivity index is 1.51. The van der Waals surface area contributed by atoms with E-state index in [1.165, 1.54) is 27.4 Å². The highest BCUT2D eigenvalue weighted by Crippen LogP contribution is 2.24. The lowest BCUT2D eigenvalue weighted by molar-refractivity contribution is 0.0682. The summed E-state index contributed by atoms with van der Waals surface area (Å²) in [5, 5.41) is 3.35. The van der Waals surface area contributed by atoms with Crippen molar-refractivity contribution in [2.75, 3.05) is 13.2 Å². The predicted molar refractivity (Wildman–Crippen MR) is 97.0 cm³/mol. The Bertz CT molecular complexity index is 714. The normalized spacial score (nSPS) is 18.2. The van der Waals surface area contributed by atoms with E-state index >= 15 is 0 Å². The monoisotopic (exact) mass is 344 g/mol. The van der Waals surface area contributed by atoms with Gasteiger partial charge in [0.1, 0.15) is 5.01 Å². The van der Waals surface area contributed by atoms with Crippen molar-refractivity contribution in [1.29, 1.82) is 0 Å². The third kappa shape index (κ3) is 3.80. The first-order valence-electron chi connectivity index (χ1n) is 8.07. The molecule has 0 bridgehead atoms.